The molecule has 3 aromatic carbocycles. The number of hydrogen-bond acceptors (Lipinski definition) is 3. The van der Waals surface area contributed by atoms with E-state index in [2.05, 4.69) is 0 Å². The molecule has 6 nitrogen and oxygen atoms in total. The Morgan fingerprint density at radius 2 is 1.37 bits per heavy atom. The third-order valence-electron chi connectivity index (χ3n) is 4.32. The second-order valence-electron chi connectivity index (χ2n) is 5.93. The second-order valence-corrected chi connectivity index (χ2v) is 7.32. The van der Waals surface area contributed by atoms with Gasteiger partial charge in [0.1, 0.15) is 4.90 Å². The van der Waals surface area contributed by atoms with E-state index in [4.69, 9.17) is 4.42 Å². The number of carboxylic acids is 1. The highest BCUT2D eigenvalue weighted by atomic mass is 32.2. The number of benzene rings is 3. The summed E-state index contributed by atoms with van der Waals surface area (Å²) in [5.41, 5.74) is 1.28. The van der Waals surface area contributed by atoms with Crippen molar-refractivity contribution in [3.05, 3.63) is 72.3 Å². The molecule has 0 aliphatic heterocycles. The first-order valence-electron chi connectivity index (χ1n) is 7.95. The van der Waals surface area contributed by atoms with E-state index in [1.54, 1.807) is 48.5 Å². The van der Waals surface area contributed by atoms with Crippen LogP contribution in [0.4, 0.5) is 0 Å². The molecule has 0 atom stereocenters. The Bertz CT molecular complexity index is 1270. The monoisotopic (exact) mass is 381 g/mol. The van der Waals surface area contributed by atoms with Crippen LogP contribution in [-0.2, 0) is 10.1 Å². The smallest absolute Gasteiger partial charge is 0.361 e. The van der Waals surface area contributed by atoms with Crippen LogP contribution in [0.5, 0.6) is 0 Å². The fraction of sp³-hybridized carbons (Fsp3) is 0. The molecule has 134 valence electrons. The zero-order chi connectivity index (χ0) is 19.2. The molecule has 1 heterocycles. The lowest BCUT2D eigenvalue weighted by Gasteiger charge is -2.11. The van der Waals surface area contributed by atoms with Crippen molar-refractivity contribution < 1.29 is 27.3 Å². The van der Waals surface area contributed by atoms with E-state index >= 15 is 0 Å². The Balaban J connectivity index is 2.25. The molecular weight excluding hydrogens is 368 g/mol. The van der Waals surface area contributed by atoms with E-state index in [9.17, 15) is 22.9 Å². The third-order valence-corrected chi connectivity index (χ3v) is 5.22. The van der Waals surface area contributed by atoms with Gasteiger partial charge in [0.05, 0.1) is 16.3 Å². The van der Waals surface area contributed by atoms with Crippen molar-refractivity contribution in [2.75, 3.05) is 0 Å². The maximum atomic E-state index is 11.9. The van der Waals surface area contributed by atoms with E-state index in [0.29, 0.717) is 27.5 Å². The Morgan fingerprint density at radius 3 is 1.89 bits per heavy atom. The predicted octanol–water partition coefficient (Wildman–Crippen LogP) is 4.48. The molecule has 0 unspecified atom stereocenters. The quantitative estimate of drug-likeness (QED) is 0.308. The summed E-state index contributed by atoms with van der Waals surface area (Å²) in [6.45, 7) is 0. The highest BCUT2D eigenvalue weighted by molar-refractivity contribution is 7.86. The Labute approximate surface area is 154 Å². The van der Waals surface area contributed by atoms with Crippen molar-refractivity contribution in [3.8, 4) is 11.1 Å². The summed E-state index contributed by atoms with van der Waals surface area (Å²) in [4.78, 5) is 11.3. The maximum Gasteiger partial charge on any atom is 0.361 e. The van der Waals surface area contributed by atoms with Gasteiger partial charge in [-0.2, -0.15) is 8.42 Å². The van der Waals surface area contributed by atoms with Crippen molar-refractivity contribution in [2.45, 2.75) is 4.90 Å². The van der Waals surface area contributed by atoms with Gasteiger partial charge in [-0.3, -0.25) is 4.55 Å². The van der Waals surface area contributed by atoms with E-state index in [1.807, 2.05) is 0 Å². The van der Waals surface area contributed by atoms with Crippen LogP contribution in [0.2, 0.25) is 0 Å². The molecule has 0 aliphatic carbocycles. The van der Waals surface area contributed by atoms with Gasteiger partial charge in [0.25, 0.3) is 10.1 Å². The fourth-order valence-corrected chi connectivity index (χ4v) is 3.96. The van der Waals surface area contributed by atoms with Gasteiger partial charge in [0.15, 0.2) is 0 Å². The first-order chi connectivity index (χ1) is 12.9. The summed E-state index contributed by atoms with van der Waals surface area (Å²) in [5.74, 6) is -1.45. The van der Waals surface area contributed by atoms with Crippen LogP contribution in [0.15, 0.2) is 76.0 Å². The van der Waals surface area contributed by atoms with Crippen LogP contribution >= 0.6 is 0 Å². The fourth-order valence-electron chi connectivity index (χ4n) is 3.25. The van der Waals surface area contributed by atoms with Crippen molar-refractivity contribution in [2.24, 2.45) is 0 Å². The average Bonchev–Trinajstić information content (AvgIpc) is 2.64. The number of para-hydroxylation sites is 2. The van der Waals surface area contributed by atoms with E-state index in [1.165, 1.54) is 12.1 Å². The van der Waals surface area contributed by atoms with Gasteiger partial charge in [-0.05, 0) is 23.8 Å². The molecule has 4 aromatic rings. The number of aromatic carboxylic acids is 1. The summed E-state index contributed by atoms with van der Waals surface area (Å²) in [5, 5.41) is 11.0. The largest absolute Gasteiger partial charge is 0.478 e. The zero-order valence-corrected chi connectivity index (χ0v) is 14.6. The Hall–Kier alpha value is -3.29. The lowest BCUT2D eigenvalue weighted by molar-refractivity contribution is 0.0693. The summed E-state index contributed by atoms with van der Waals surface area (Å²) >= 11 is 0. The molecule has 7 heteroatoms. The first-order valence-corrected chi connectivity index (χ1v) is 9.39. The lowest BCUT2D eigenvalue weighted by Crippen LogP contribution is -2.10. The van der Waals surface area contributed by atoms with Gasteiger partial charge in [-0.1, -0.05) is 36.4 Å². The summed E-state index contributed by atoms with van der Waals surface area (Å²) in [6.07, 6.45) is 0. The zero-order valence-electron chi connectivity index (χ0n) is 13.8. The Kier molecular flexibility index (Phi) is 3.91. The van der Waals surface area contributed by atoms with Gasteiger partial charge in [-0.25, -0.2) is 9.21 Å². The van der Waals surface area contributed by atoms with E-state index in [-0.39, 0.29) is 5.56 Å². The van der Waals surface area contributed by atoms with Crippen molar-refractivity contribution >= 4 is 38.0 Å². The van der Waals surface area contributed by atoms with Gasteiger partial charge in [0, 0.05) is 17.7 Å². The molecular formula is C20H13O6S+. The minimum Gasteiger partial charge on any atom is -0.478 e. The molecule has 0 radical (unpaired) electrons. The molecule has 1 aromatic heterocycles. The number of carbonyl (C=O) groups is 1. The Morgan fingerprint density at radius 1 is 0.815 bits per heavy atom. The summed E-state index contributed by atoms with van der Waals surface area (Å²) in [6, 6.07) is 18.2. The number of carboxylic acid groups (broad SMARTS) is 1. The minimum atomic E-state index is -4.72. The van der Waals surface area contributed by atoms with E-state index < -0.39 is 26.5 Å². The molecule has 27 heavy (non-hydrogen) atoms. The van der Waals surface area contributed by atoms with Crippen LogP contribution < -0.4 is 0 Å². The van der Waals surface area contributed by atoms with Crippen LogP contribution in [0.1, 0.15) is 10.4 Å². The molecule has 0 spiro atoms. The van der Waals surface area contributed by atoms with Crippen LogP contribution in [-0.4, -0.2) is 24.0 Å². The summed E-state index contributed by atoms with van der Waals surface area (Å²) < 4.78 is 38.9. The molecule has 0 saturated carbocycles. The molecule has 0 fully saturated rings. The molecule has 4 rings (SSSR count). The molecule has 0 amide bonds. The lowest BCUT2D eigenvalue weighted by atomic mass is 9.93. The number of fused-ring (bicyclic) bond motifs is 2. The molecule has 0 saturated heterocycles. The third kappa shape index (κ3) is 2.83. The normalized spacial score (nSPS) is 11.7. The first kappa shape index (κ1) is 17.1. The van der Waals surface area contributed by atoms with Crippen LogP contribution in [0.25, 0.3) is 33.1 Å². The topological polar surface area (TPSA) is 103 Å². The van der Waals surface area contributed by atoms with Crippen molar-refractivity contribution in [3.63, 3.8) is 0 Å². The van der Waals surface area contributed by atoms with Crippen molar-refractivity contribution in [1.29, 1.82) is 0 Å². The second kappa shape index (κ2) is 6.15. The highest BCUT2D eigenvalue weighted by Gasteiger charge is 2.28. The summed E-state index contributed by atoms with van der Waals surface area (Å²) in [7, 11) is -4.72. The van der Waals surface area contributed by atoms with Crippen LogP contribution in [0, 0.1) is 0 Å². The molecule has 0 aliphatic rings. The standard InChI is InChI=1S/C20H12O6S/c21-20(22)19-14(8-5-11-17(19)27(23,24)25)18-12-6-1-3-9-15(12)26-16-10-4-2-7-13(16)18/h1-11H,(H-,21,22,23,24,25)/p+1. The van der Waals surface area contributed by atoms with Gasteiger partial charge in [-0.15, -0.1) is 0 Å². The highest BCUT2D eigenvalue weighted by Crippen LogP contribution is 2.39. The molecule has 2 N–H and O–H groups in total. The minimum absolute atomic E-state index is 0.181. The number of rotatable bonds is 3. The van der Waals surface area contributed by atoms with E-state index in [0.717, 1.165) is 6.07 Å². The predicted molar refractivity (Wildman–Crippen MR) is 100 cm³/mol. The molecule has 0 bridgehead atoms. The van der Waals surface area contributed by atoms with Gasteiger partial charge >= 0.3 is 17.1 Å². The van der Waals surface area contributed by atoms with Crippen LogP contribution in [0.3, 0.4) is 0 Å². The average molecular weight is 381 g/mol. The maximum absolute atomic E-state index is 11.9. The van der Waals surface area contributed by atoms with Gasteiger partial charge < -0.3 is 5.11 Å². The van der Waals surface area contributed by atoms with Gasteiger partial charge in [0.2, 0.25) is 0 Å². The SMILES string of the molecule is O=C(O)c1c(-c2c3ccccc3[o+]c3ccccc23)cccc1S(=O)(=O)O. The van der Waals surface area contributed by atoms with Crippen molar-refractivity contribution in [1.82, 2.24) is 0 Å². The number of hydrogen-bond donors (Lipinski definition) is 2.